The number of nitrogens with two attached hydrogens (primary N) is 1. The molecule has 0 aliphatic heterocycles. The van der Waals surface area contributed by atoms with Gasteiger partial charge in [0.05, 0.1) is 24.8 Å². The fourth-order valence-corrected chi connectivity index (χ4v) is 1.97. The minimum Gasteiger partial charge on any atom is -0.563 e. The number of rotatable bonds is 4. The second-order valence-corrected chi connectivity index (χ2v) is 4.98. The van der Waals surface area contributed by atoms with Gasteiger partial charge < -0.3 is 29.5 Å². The van der Waals surface area contributed by atoms with Crippen molar-refractivity contribution in [3.63, 3.8) is 0 Å². The average Bonchev–Trinajstić information content (AvgIpc) is 2.55. The fraction of sp³-hybridized carbons (Fsp3) is 0.222. The topological polar surface area (TPSA) is 98.9 Å². The van der Waals surface area contributed by atoms with E-state index in [1.807, 2.05) is 16.4 Å². The summed E-state index contributed by atoms with van der Waals surface area (Å²) in [6.07, 6.45) is 0. The second-order valence-electron chi connectivity index (χ2n) is 4.51. The van der Waals surface area contributed by atoms with Gasteiger partial charge in [0.15, 0.2) is 5.97 Å². The maximum absolute atomic E-state index is 10.7. The zero-order chi connectivity index (χ0) is 18.3. The molecule has 0 heterocycles. The van der Waals surface area contributed by atoms with Crippen LogP contribution in [0.3, 0.4) is 0 Å². The summed E-state index contributed by atoms with van der Waals surface area (Å²) in [5, 5.41) is 8.57. The van der Waals surface area contributed by atoms with E-state index >= 15 is 0 Å². The maximum Gasteiger partial charge on any atom is 0.154 e. The standard InChI is InChI=1S/C8H8NO2P.C8H7O3P.2CH4.2W.2Y/c2*1-5-2-3-6(8(9)10)4-7(5)11-12;;;;;;/h2H,12H2,1H3,(H2,9,10);2H,12H2,1H3,(H,9,10);2*1H4;;;;/q2*-2;;;;;;. The van der Waals surface area contributed by atoms with Crippen LogP contribution in [0.1, 0.15) is 46.7 Å². The van der Waals surface area contributed by atoms with E-state index in [1.54, 1.807) is 19.1 Å². The van der Waals surface area contributed by atoms with Crippen molar-refractivity contribution >= 4 is 30.8 Å². The molecule has 0 spiro atoms. The summed E-state index contributed by atoms with van der Waals surface area (Å²) in [6, 6.07) is 13.7. The Balaban J connectivity index is -0.0000000800. The molecule has 2 rings (SSSR count). The van der Waals surface area contributed by atoms with Crippen LogP contribution < -0.4 is 14.8 Å². The largest absolute Gasteiger partial charge is 0.563 e. The Morgan fingerprint density at radius 1 is 0.900 bits per heavy atom. The Hall–Kier alpha value is 1.42. The summed E-state index contributed by atoms with van der Waals surface area (Å²) in [7, 11) is 4.13. The molecule has 0 bridgehead atoms. The zero-order valence-corrected chi connectivity index (χ0v) is 28.8. The molecule has 3 N–H and O–H groups in total. The van der Waals surface area contributed by atoms with Gasteiger partial charge in [-0.3, -0.25) is 12.1 Å². The van der Waals surface area contributed by atoms with Crippen molar-refractivity contribution in [3.8, 4) is 11.5 Å². The Kier molecular flexibility index (Phi) is 35.4. The summed E-state index contributed by atoms with van der Waals surface area (Å²) in [5.74, 6) is -0.708. The van der Waals surface area contributed by atoms with Gasteiger partial charge in [0.25, 0.3) is 0 Å². The van der Waals surface area contributed by atoms with Crippen molar-refractivity contribution in [3.05, 3.63) is 58.7 Å². The van der Waals surface area contributed by atoms with E-state index in [0.29, 0.717) is 11.5 Å². The van der Waals surface area contributed by atoms with Gasteiger partial charge in [0.2, 0.25) is 0 Å². The molecule has 0 aliphatic carbocycles. The first-order valence-corrected chi connectivity index (χ1v) is 7.40. The number of carboxylic acids is 1. The number of aromatic carboxylic acids is 1. The molecule has 0 saturated heterocycles. The van der Waals surface area contributed by atoms with Crippen molar-refractivity contribution in [1.29, 1.82) is 0 Å². The van der Waals surface area contributed by atoms with Crippen LogP contribution in [0.5, 0.6) is 11.5 Å². The molecule has 0 fully saturated rings. The summed E-state index contributed by atoms with van der Waals surface area (Å²) in [5.41, 5.74) is 6.87. The molecular formula is C18H23NO5P2W2Y2-4. The number of hydrogen-bond donors (Lipinski definition) is 2. The van der Waals surface area contributed by atoms with Crippen LogP contribution in [0.15, 0.2) is 12.1 Å². The number of hydrogen-bond acceptors (Lipinski definition) is 4. The first-order chi connectivity index (χ1) is 11.3. The van der Waals surface area contributed by atoms with Crippen molar-refractivity contribution in [2.24, 2.45) is 5.73 Å². The molecule has 0 saturated carbocycles. The van der Waals surface area contributed by atoms with Crippen LogP contribution >= 0.6 is 18.9 Å². The van der Waals surface area contributed by atoms with Crippen molar-refractivity contribution < 1.29 is 131 Å². The van der Waals surface area contributed by atoms with Crippen molar-refractivity contribution in [1.82, 2.24) is 0 Å². The summed E-state index contributed by atoms with van der Waals surface area (Å²) < 4.78 is 9.68. The van der Waals surface area contributed by atoms with Gasteiger partial charge in [0.1, 0.15) is 0 Å². The molecule has 2 radical (unpaired) electrons. The molecule has 30 heavy (non-hydrogen) atoms. The van der Waals surface area contributed by atoms with Gasteiger partial charge in [-0.15, -0.1) is 13.8 Å². The smallest absolute Gasteiger partial charge is 0.154 e. The van der Waals surface area contributed by atoms with Gasteiger partial charge in [-0.2, -0.15) is 11.1 Å². The quantitative estimate of drug-likeness (QED) is 0.362. The summed E-state index contributed by atoms with van der Waals surface area (Å²) in [6.45, 7) is 3.62. The predicted octanol–water partition coefficient (Wildman–Crippen LogP) is 3.59. The van der Waals surface area contributed by atoms with Gasteiger partial charge in [-0.1, -0.05) is 14.9 Å². The number of carbonyl (C=O) groups is 2. The molecule has 2 aromatic carbocycles. The van der Waals surface area contributed by atoms with E-state index in [-0.39, 0.29) is 134 Å². The molecule has 12 heteroatoms. The molecule has 162 valence electrons. The predicted molar refractivity (Wildman–Crippen MR) is 107 cm³/mol. The minimum absolute atomic E-state index is 0. The van der Waals surface area contributed by atoms with E-state index in [9.17, 15) is 9.59 Å². The Morgan fingerprint density at radius 3 is 1.53 bits per heavy atom. The molecule has 2 unspecified atom stereocenters. The van der Waals surface area contributed by atoms with Crippen LogP contribution in [0.2, 0.25) is 0 Å². The molecule has 2 atom stereocenters. The number of benzene rings is 2. The van der Waals surface area contributed by atoms with Crippen LogP contribution in [0.25, 0.3) is 0 Å². The second kappa shape index (κ2) is 23.6. The third-order valence-corrected chi connectivity index (χ3v) is 3.23. The summed E-state index contributed by atoms with van der Waals surface area (Å²) in [4.78, 5) is 21.1. The molecule has 1 amide bonds. The zero-order valence-electron chi connectivity index (χ0n) is 14.9. The average molecular weight is 941 g/mol. The van der Waals surface area contributed by atoms with Crippen LogP contribution in [-0.2, 0) is 108 Å². The Morgan fingerprint density at radius 2 is 1.23 bits per heavy atom. The van der Waals surface area contributed by atoms with E-state index < -0.39 is 11.9 Å². The molecule has 6 nitrogen and oxygen atoms in total. The van der Waals surface area contributed by atoms with E-state index in [2.05, 4.69) is 33.7 Å². The first-order valence-electron chi connectivity index (χ1n) is 6.45. The first kappa shape index (κ1) is 45.0. The van der Waals surface area contributed by atoms with Gasteiger partial charge >= 0.3 is 0 Å². The normalized spacial score (nSPS) is 7.60. The van der Waals surface area contributed by atoms with Crippen LogP contribution in [0.4, 0.5) is 0 Å². The Bertz CT molecular complexity index is 708. The van der Waals surface area contributed by atoms with Gasteiger partial charge in [-0.05, 0) is 11.5 Å². The number of primary amides is 1. The van der Waals surface area contributed by atoms with E-state index in [4.69, 9.17) is 19.9 Å². The van der Waals surface area contributed by atoms with Gasteiger partial charge in [-0.25, -0.2) is 35.4 Å². The fourth-order valence-electron chi connectivity index (χ4n) is 1.48. The van der Waals surface area contributed by atoms with Crippen LogP contribution in [-0.4, -0.2) is 17.0 Å². The maximum atomic E-state index is 10.7. The van der Waals surface area contributed by atoms with E-state index in [1.165, 1.54) is 0 Å². The number of amides is 1. The SMILES string of the molecule is C.C.Cc1c[c-]c(C(=O)O)[c-]c1OP.Cc1c[c-]c(C(N)=O)[c-]c1OP.[W].[W].[Y].[Y]. The van der Waals surface area contributed by atoms with Crippen LogP contribution in [0, 0.1) is 38.1 Å². The summed E-state index contributed by atoms with van der Waals surface area (Å²) >= 11 is 0. The number of aryl methyl sites for hydroxylation is 2. The van der Waals surface area contributed by atoms with Crippen molar-refractivity contribution in [2.75, 3.05) is 0 Å². The number of carbonyl (C=O) groups excluding carboxylic acids is 1. The van der Waals surface area contributed by atoms with E-state index in [0.717, 1.165) is 11.1 Å². The third kappa shape index (κ3) is 15.3. The molecule has 2 aromatic rings. The minimum atomic E-state index is -1.06. The Labute approximate surface area is 263 Å². The molecular weight excluding hydrogens is 918 g/mol. The monoisotopic (exact) mass is 941 g/mol. The molecule has 0 aliphatic rings. The van der Waals surface area contributed by atoms with Gasteiger partial charge in [0, 0.05) is 108 Å². The molecule has 0 aromatic heterocycles. The third-order valence-electron chi connectivity index (χ3n) is 2.76. The van der Waals surface area contributed by atoms with Crippen molar-refractivity contribution in [2.45, 2.75) is 28.7 Å². The number of carboxylic acid groups (broad SMARTS) is 1.